The van der Waals surface area contributed by atoms with E-state index in [4.69, 9.17) is 0 Å². The number of carbonyl (C=O) groups excluding carboxylic acids is 3. The van der Waals surface area contributed by atoms with Gasteiger partial charge in [-0.1, -0.05) is 0 Å². The summed E-state index contributed by atoms with van der Waals surface area (Å²) in [6.07, 6.45) is 6.65. The summed E-state index contributed by atoms with van der Waals surface area (Å²) in [5, 5.41) is 6.94. The number of benzene rings is 1. The first kappa shape index (κ1) is 24.3. The van der Waals surface area contributed by atoms with Crippen LogP contribution in [0.15, 0.2) is 24.5 Å². The summed E-state index contributed by atoms with van der Waals surface area (Å²) in [4.78, 5) is 34.4. The molecule has 1 unspecified atom stereocenters. The number of nitrogens with zero attached hydrogens (tertiary/aromatic N) is 3. The Balaban J connectivity index is 0.00000107. The highest BCUT2D eigenvalue weighted by Crippen LogP contribution is 2.32. The van der Waals surface area contributed by atoms with Crippen LogP contribution in [0, 0.1) is 11.6 Å². The van der Waals surface area contributed by atoms with Crippen LogP contribution in [-0.2, 0) is 9.59 Å². The highest BCUT2D eigenvalue weighted by atomic mass is 19.1. The first-order chi connectivity index (χ1) is 15.0. The average molecular weight is 434 g/mol. The Bertz CT molecular complexity index is 856. The highest BCUT2D eigenvalue weighted by molar-refractivity contribution is 5.73. The van der Waals surface area contributed by atoms with E-state index in [1.165, 1.54) is 18.3 Å². The molecule has 1 aromatic carbocycles. The molecule has 3 rings (SSSR count). The molecule has 2 heterocycles. The van der Waals surface area contributed by atoms with Crippen LogP contribution in [0.25, 0.3) is 0 Å². The molecular formula is C22H28F2N4O3. The third-order valence-electron chi connectivity index (χ3n) is 5.16. The molecule has 7 nitrogen and oxygen atoms in total. The van der Waals surface area contributed by atoms with E-state index in [0.29, 0.717) is 36.9 Å². The van der Waals surface area contributed by atoms with E-state index in [1.807, 2.05) is 19.0 Å². The summed E-state index contributed by atoms with van der Waals surface area (Å²) in [5.41, 5.74) is 0.654. The third-order valence-corrected chi connectivity index (χ3v) is 5.16. The number of aromatic nitrogens is 2. The molecule has 31 heavy (non-hydrogen) atoms. The van der Waals surface area contributed by atoms with Crippen molar-refractivity contribution in [2.24, 2.45) is 0 Å². The van der Waals surface area contributed by atoms with E-state index in [1.54, 1.807) is 10.9 Å². The Morgan fingerprint density at radius 1 is 1.16 bits per heavy atom. The zero-order valence-electron chi connectivity index (χ0n) is 17.8. The monoisotopic (exact) mass is 434 g/mol. The lowest BCUT2D eigenvalue weighted by atomic mass is 9.94. The zero-order chi connectivity index (χ0) is 22.8. The van der Waals surface area contributed by atoms with Crippen LogP contribution in [0.4, 0.5) is 14.5 Å². The summed E-state index contributed by atoms with van der Waals surface area (Å²) in [6, 6.07) is 2.62. The van der Waals surface area contributed by atoms with Crippen LogP contribution in [0.5, 0.6) is 0 Å². The molecule has 1 fully saturated rings. The van der Waals surface area contributed by atoms with E-state index in [0.717, 1.165) is 19.1 Å². The van der Waals surface area contributed by atoms with E-state index in [-0.39, 0.29) is 24.4 Å². The maximum atomic E-state index is 14.6. The van der Waals surface area contributed by atoms with Gasteiger partial charge in [-0.05, 0) is 45.5 Å². The van der Waals surface area contributed by atoms with Crippen molar-refractivity contribution >= 4 is 24.5 Å². The summed E-state index contributed by atoms with van der Waals surface area (Å²) in [5.74, 6) is -2.53. The van der Waals surface area contributed by atoms with E-state index >= 15 is 0 Å². The number of halogens is 2. The second-order valence-corrected chi connectivity index (χ2v) is 7.40. The van der Waals surface area contributed by atoms with Gasteiger partial charge in [-0.2, -0.15) is 5.10 Å². The van der Waals surface area contributed by atoms with Crippen molar-refractivity contribution in [3.8, 4) is 0 Å². The Morgan fingerprint density at radius 2 is 1.77 bits per heavy atom. The van der Waals surface area contributed by atoms with Crippen LogP contribution < -0.4 is 10.2 Å². The Hall–Kier alpha value is -2.94. The third kappa shape index (κ3) is 6.27. The van der Waals surface area contributed by atoms with Crippen LogP contribution in [0.1, 0.15) is 53.6 Å². The molecule has 1 aliphatic rings. The Kier molecular flexibility index (Phi) is 9.45. The minimum atomic E-state index is -0.975. The standard InChI is InChI=1S/C20H21F2N3O3.C2H7N/c21-18-8-17(9-19(22)20(18)15(13-28)2-1-7-26)24-5-3-16(4-6-24)25-11-14(12-27)10-23-25;1-3-2/h7-13,15-16H,1-6H2;3H,1-2H3. The SMILES string of the molecule is CNC.O=CCCC(C=O)c1c(F)cc(N2CCC(n3cc(C=O)cn3)CC2)cc1F. The summed E-state index contributed by atoms with van der Waals surface area (Å²) >= 11 is 0. The minimum absolute atomic E-state index is 0.0663. The first-order valence-corrected chi connectivity index (χ1v) is 10.2. The smallest absolute Gasteiger partial charge is 0.153 e. The normalized spacial score (nSPS) is 15.0. The number of hydrogen-bond donors (Lipinski definition) is 1. The van der Waals surface area contributed by atoms with Gasteiger partial charge in [0.2, 0.25) is 0 Å². The molecule has 1 aliphatic heterocycles. The number of carbonyl (C=O) groups is 3. The predicted molar refractivity (Wildman–Crippen MR) is 114 cm³/mol. The van der Waals surface area contributed by atoms with Gasteiger partial charge in [-0.3, -0.25) is 9.48 Å². The average Bonchev–Trinajstić information content (AvgIpc) is 3.25. The molecule has 0 aliphatic carbocycles. The van der Waals surface area contributed by atoms with E-state index < -0.39 is 17.6 Å². The van der Waals surface area contributed by atoms with E-state index in [9.17, 15) is 23.2 Å². The molecule has 0 radical (unpaired) electrons. The molecule has 1 aromatic heterocycles. The van der Waals surface area contributed by atoms with Gasteiger partial charge in [-0.25, -0.2) is 8.78 Å². The Labute approximate surface area is 180 Å². The van der Waals surface area contributed by atoms with Crippen molar-refractivity contribution in [2.75, 3.05) is 32.1 Å². The van der Waals surface area contributed by atoms with Crippen LogP contribution in [0.3, 0.4) is 0 Å². The van der Waals surface area contributed by atoms with Gasteiger partial charge in [0.1, 0.15) is 24.2 Å². The largest absolute Gasteiger partial charge is 0.371 e. The van der Waals surface area contributed by atoms with Crippen molar-refractivity contribution in [3.05, 3.63) is 47.3 Å². The lowest BCUT2D eigenvalue weighted by Gasteiger charge is -2.34. The maximum Gasteiger partial charge on any atom is 0.153 e. The van der Waals surface area contributed by atoms with Crippen LogP contribution in [0.2, 0.25) is 0 Å². The fraction of sp³-hybridized carbons (Fsp3) is 0.455. The summed E-state index contributed by atoms with van der Waals surface area (Å²) < 4.78 is 30.9. The van der Waals surface area contributed by atoms with Crippen molar-refractivity contribution in [1.82, 2.24) is 15.1 Å². The molecular weight excluding hydrogens is 406 g/mol. The summed E-state index contributed by atoms with van der Waals surface area (Å²) in [7, 11) is 3.75. The molecule has 0 amide bonds. The maximum absolute atomic E-state index is 14.6. The molecule has 1 N–H and O–H groups in total. The van der Waals surface area contributed by atoms with Gasteiger partial charge in [0.05, 0.1) is 17.8 Å². The van der Waals surface area contributed by atoms with Crippen LogP contribution in [-0.4, -0.2) is 55.8 Å². The minimum Gasteiger partial charge on any atom is -0.371 e. The fourth-order valence-corrected chi connectivity index (χ4v) is 3.64. The molecule has 168 valence electrons. The van der Waals surface area contributed by atoms with Crippen molar-refractivity contribution in [2.45, 2.75) is 37.6 Å². The van der Waals surface area contributed by atoms with Crippen LogP contribution >= 0.6 is 0 Å². The van der Waals surface area contributed by atoms with Crippen molar-refractivity contribution in [3.63, 3.8) is 0 Å². The van der Waals surface area contributed by atoms with E-state index in [2.05, 4.69) is 10.4 Å². The van der Waals surface area contributed by atoms with Gasteiger partial charge < -0.3 is 19.8 Å². The predicted octanol–water partition coefficient (Wildman–Crippen LogP) is 2.91. The van der Waals surface area contributed by atoms with Crippen molar-refractivity contribution in [1.29, 1.82) is 0 Å². The second kappa shape index (κ2) is 12.0. The zero-order valence-corrected chi connectivity index (χ0v) is 17.8. The molecule has 0 spiro atoms. The number of piperidine rings is 1. The number of hydrogen-bond acceptors (Lipinski definition) is 6. The lowest BCUT2D eigenvalue weighted by Crippen LogP contribution is -2.35. The molecule has 1 saturated heterocycles. The second-order valence-electron chi connectivity index (χ2n) is 7.40. The topological polar surface area (TPSA) is 84.3 Å². The number of rotatable bonds is 8. The number of nitrogens with one attached hydrogen (secondary N) is 1. The Morgan fingerprint density at radius 3 is 2.26 bits per heavy atom. The van der Waals surface area contributed by atoms with Gasteiger partial charge in [0.25, 0.3) is 0 Å². The summed E-state index contributed by atoms with van der Waals surface area (Å²) in [6.45, 7) is 1.17. The van der Waals surface area contributed by atoms with Gasteiger partial charge >= 0.3 is 0 Å². The van der Waals surface area contributed by atoms with Gasteiger partial charge in [0, 0.05) is 42.9 Å². The van der Waals surface area contributed by atoms with Gasteiger partial charge in [-0.15, -0.1) is 0 Å². The molecule has 9 heteroatoms. The fourth-order valence-electron chi connectivity index (χ4n) is 3.64. The quantitative estimate of drug-likeness (QED) is 0.643. The highest BCUT2D eigenvalue weighted by Gasteiger charge is 2.25. The molecule has 2 aromatic rings. The van der Waals surface area contributed by atoms with Gasteiger partial charge in [0.15, 0.2) is 6.29 Å². The number of aldehydes is 3. The molecule has 1 atom stereocenters. The molecule has 0 saturated carbocycles. The number of anilines is 1. The first-order valence-electron chi connectivity index (χ1n) is 10.2. The lowest BCUT2D eigenvalue weighted by molar-refractivity contribution is -0.110. The van der Waals surface area contributed by atoms with Crippen molar-refractivity contribution < 1.29 is 23.2 Å². The molecule has 0 bridgehead atoms.